The molecule has 1 aliphatic rings. The monoisotopic (exact) mass is 544 g/mol. The Bertz CT molecular complexity index is 695. The standard InChI is InChI=1S/C22H26I2/c1-3-5-13-22(14-6-4-2)19-10-8-7-9-17(19)18-12-11-16(21(23)24)15-20(18)22/h7-12,15,21H,3-6,13-14H2,1-2H3. The Morgan fingerprint density at radius 3 is 2.08 bits per heavy atom. The Morgan fingerprint density at radius 2 is 1.46 bits per heavy atom. The second kappa shape index (κ2) is 8.07. The van der Waals surface area contributed by atoms with Crippen LogP contribution in [-0.2, 0) is 5.41 Å². The van der Waals surface area contributed by atoms with E-state index in [2.05, 4.69) is 101 Å². The predicted octanol–water partition coefficient (Wildman–Crippen LogP) is 8.20. The highest BCUT2D eigenvalue weighted by molar-refractivity contribution is 14.2. The van der Waals surface area contributed by atoms with Gasteiger partial charge >= 0.3 is 0 Å². The van der Waals surface area contributed by atoms with Crippen molar-refractivity contribution < 1.29 is 0 Å². The number of hydrogen-bond acceptors (Lipinski definition) is 0. The summed E-state index contributed by atoms with van der Waals surface area (Å²) in [6.07, 6.45) is 7.71. The molecule has 128 valence electrons. The van der Waals surface area contributed by atoms with Crippen LogP contribution in [0.1, 0.15) is 71.0 Å². The van der Waals surface area contributed by atoms with Crippen molar-refractivity contribution in [3.63, 3.8) is 0 Å². The van der Waals surface area contributed by atoms with Gasteiger partial charge in [-0.1, -0.05) is 127 Å². The first kappa shape index (κ1) is 18.7. The van der Waals surface area contributed by atoms with Crippen molar-refractivity contribution in [2.24, 2.45) is 0 Å². The van der Waals surface area contributed by atoms with Crippen molar-refractivity contribution in [2.75, 3.05) is 0 Å². The molecule has 2 aromatic rings. The van der Waals surface area contributed by atoms with Crippen molar-refractivity contribution in [1.29, 1.82) is 0 Å². The van der Waals surface area contributed by atoms with Gasteiger partial charge in [-0.3, -0.25) is 0 Å². The average Bonchev–Trinajstić information content (AvgIpc) is 2.88. The van der Waals surface area contributed by atoms with Gasteiger partial charge in [-0.25, -0.2) is 0 Å². The molecule has 0 aromatic heterocycles. The molecular formula is C22H26I2. The van der Waals surface area contributed by atoms with Gasteiger partial charge in [0.05, 0.1) is 1.93 Å². The Balaban J connectivity index is 2.20. The van der Waals surface area contributed by atoms with Gasteiger partial charge in [-0.2, -0.15) is 0 Å². The molecule has 0 bridgehead atoms. The maximum atomic E-state index is 2.53. The largest absolute Gasteiger partial charge is 0.0875 e. The molecule has 2 heteroatoms. The summed E-state index contributed by atoms with van der Waals surface area (Å²) in [5.74, 6) is 0. The number of fused-ring (bicyclic) bond motifs is 3. The van der Waals surface area contributed by atoms with Crippen LogP contribution >= 0.6 is 45.2 Å². The van der Waals surface area contributed by atoms with Crippen molar-refractivity contribution in [1.82, 2.24) is 0 Å². The minimum Gasteiger partial charge on any atom is -0.0657 e. The fourth-order valence-electron chi connectivity index (χ4n) is 4.23. The molecule has 0 heterocycles. The zero-order valence-electron chi connectivity index (χ0n) is 14.6. The highest BCUT2D eigenvalue weighted by Crippen LogP contribution is 2.54. The lowest BCUT2D eigenvalue weighted by atomic mass is 9.70. The molecule has 0 radical (unpaired) electrons. The van der Waals surface area contributed by atoms with Gasteiger partial charge in [0.15, 0.2) is 0 Å². The van der Waals surface area contributed by atoms with Gasteiger partial charge in [-0.05, 0) is 40.7 Å². The topological polar surface area (TPSA) is 0 Å². The van der Waals surface area contributed by atoms with E-state index in [4.69, 9.17) is 0 Å². The molecule has 0 fully saturated rings. The van der Waals surface area contributed by atoms with Crippen LogP contribution in [0, 0.1) is 0 Å². The Morgan fingerprint density at radius 1 is 0.833 bits per heavy atom. The molecule has 24 heavy (non-hydrogen) atoms. The van der Waals surface area contributed by atoms with Crippen LogP contribution in [0.4, 0.5) is 0 Å². The van der Waals surface area contributed by atoms with Crippen LogP contribution in [-0.4, -0.2) is 0 Å². The Labute approximate surface area is 174 Å². The summed E-state index contributed by atoms with van der Waals surface area (Å²) in [5.41, 5.74) is 7.83. The van der Waals surface area contributed by atoms with Crippen molar-refractivity contribution in [2.45, 2.75) is 59.7 Å². The second-order valence-electron chi connectivity index (χ2n) is 6.94. The maximum Gasteiger partial charge on any atom is 0.0875 e. The number of hydrogen-bond donors (Lipinski definition) is 0. The fraction of sp³-hybridized carbons (Fsp3) is 0.455. The van der Waals surface area contributed by atoms with E-state index < -0.39 is 0 Å². The molecule has 3 rings (SSSR count). The van der Waals surface area contributed by atoms with Gasteiger partial charge < -0.3 is 0 Å². The molecule has 0 amide bonds. The van der Waals surface area contributed by atoms with E-state index in [1.54, 1.807) is 11.1 Å². The van der Waals surface area contributed by atoms with Gasteiger partial charge in [-0.15, -0.1) is 0 Å². The normalized spacial score (nSPS) is 14.7. The SMILES string of the molecule is CCCCC1(CCCC)c2ccccc2-c2ccc(C(I)I)cc21. The molecule has 0 nitrogen and oxygen atoms in total. The summed E-state index contributed by atoms with van der Waals surface area (Å²) in [6.45, 7) is 4.63. The fourth-order valence-corrected chi connectivity index (χ4v) is 5.00. The second-order valence-corrected chi connectivity index (χ2v) is 11.8. The summed E-state index contributed by atoms with van der Waals surface area (Å²) < 4.78 is 0.532. The highest BCUT2D eigenvalue weighted by Gasteiger charge is 2.42. The molecule has 0 atom stereocenters. The van der Waals surface area contributed by atoms with E-state index in [1.807, 2.05) is 0 Å². The van der Waals surface area contributed by atoms with Crippen molar-refractivity contribution in [3.8, 4) is 11.1 Å². The number of unbranched alkanes of at least 4 members (excludes halogenated alkanes) is 2. The first-order valence-corrected chi connectivity index (χ1v) is 11.7. The number of halogens is 2. The number of rotatable bonds is 7. The lowest BCUT2D eigenvalue weighted by molar-refractivity contribution is 0.414. The van der Waals surface area contributed by atoms with E-state index in [0.29, 0.717) is 1.93 Å². The molecule has 1 aliphatic carbocycles. The van der Waals surface area contributed by atoms with Crippen molar-refractivity contribution in [3.05, 3.63) is 59.2 Å². The highest BCUT2D eigenvalue weighted by atomic mass is 127. The molecule has 0 aliphatic heterocycles. The third kappa shape index (κ3) is 3.29. The van der Waals surface area contributed by atoms with Gasteiger partial charge in [0, 0.05) is 5.41 Å². The van der Waals surface area contributed by atoms with Crippen LogP contribution in [0.25, 0.3) is 11.1 Å². The third-order valence-corrected chi connectivity index (χ3v) is 6.90. The molecular weight excluding hydrogens is 518 g/mol. The van der Waals surface area contributed by atoms with E-state index in [9.17, 15) is 0 Å². The predicted molar refractivity (Wildman–Crippen MR) is 122 cm³/mol. The molecule has 0 unspecified atom stereocenters. The summed E-state index contributed by atoms with van der Waals surface area (Å²) in [7, 11) is 0. The minimum absolute atomic E-state index is 0.232. The molecule has 0 spiro atoms. The summed E-state index contributed by atoms with van der Waals surface area (Å²) in [4.78, 5) is 0. The van der Waals surface area contributed by atoms with Crippen LogP contribution in [0.3, 0.4) is 0 Å². The zero-order chi connectivity index (χ0) is 17.2. The summed E-state index contributed by atoms with van der Waals surface area (Å²) >= 11 is 5.06. The number of alkyl halides is 2. The van der Waals surface area contributed by atoms with E-state index in [-0.39, 0.29) is 5.41 Å². The summed E-state index contributed by atoms with van der Waals surface area (Å²) in [6, 6.07) is 16.4. The molecule has 0 N–H and O–H groups in total. The Kier molecular flexibility index (Phi) is 6.28. The zero-order valence-corrected chi connectivity index (χ0v) is 18.9. The first-order valence-electron chi connectivity index (χ1n) is 9.16. The van der Waals surface area contributed by atoms with Crippen LogP contribution in [0.5, 0.6) is 0 Å². The van der Waals surface area contributed by atoms with Crippen molar-refractivity contribution >= 4 is 45.2 Å². The average molecular weight is 544 g/mol. The Hall–Kier alpha value is -0.1000. The third-order valence-electron chi connectivity index (χ3n) is 5.46. The van der Waals surface area contributed by atoms with Gasteiger partial charge in [0.1, 0.15) is 0 Å². The lowest BCUT2D eigenvalue weighted by Gasteiger charge is -2.33. The maximum absolute atomic E-state index is 2.53. The molecule has 0 saturated heterocycles. The van der Waals surface area contributed by atoms with Gasteiger partial charge in [0.25, 0.3) is 0 Å². The molecule has 0 saturated carbocycles. The van der Waals surface area contributed by atoms with E-state index in [0.717, 1.165) is 0 Å². The van der Waals surface area contributed by atoms with Crippen LogP contribution in [0.2, 0.25) is 0 Å². The van der Waals surface area contributed by atoms with Crippen LogP contribution in [0.15, 0.2) is 42.5 Å². The van der Waals surface area contributed by atoms with Gasteiger partial charge in [0.2, 0.25) is 0 Å². The smallest absolute Gasteiger partial charge is 0.0657 e. The lowest BCUT2D eigenvalue weighted by Crippen LogP contribution is -2.25. The minimum atomic E-state index is 0.232. The van der Waals surface area contributed by atoms with Crippen LogP contribution < -0.4 is 0 Å². The van der Waals surface area contributed by atoms with E-state index >= 15 is 0 Å². The summed E-state index contributed by atoms with van der Waals surface area (Å²) in [5, 5.41) is 0. The quantitative estimate of drug-likeness (QED) is 0.244. The first-order chi connectivity index (χ1) is 11.6. The molecule has 2 aromatic carbocycles. The van der Waals surface area contributed by atoms with E-state index in [1.165, 1.54) is 55.2 Å². The number of benzene rings is 2.